The summed E-state index contributed by atoms with van der Waals surface area (Å²) in [5, 5.41) is 4.09. The molecule has 0 saturated carbocycles. The molecule has 4 heterocycles. The number of Topliss-reactive ketones (excluding diaryl/α,β-unsaturated/α-hetero) is 1. The van der Waals surface area contributed by atoms with Gasteiger partial charge < -0.3 is 0 Å². The predicted octanol–water partition coefficient (Wildman–Crippen LogP) is 4.75. The molecule has 0 spiro atoms. The lowest BCUT2D eigenvalue weighted by atomic mass is 9.91. The van der Waals surface area contributed by atoms with Gasteiger partial charge in [-0.25, -0.2) is 18.1 Å². The number of piperidine rings is 1. The monoisotopic (exact) mass is 575 g/mol. The van der Waals surface area contributed by atoms with E-state index in [9.17, 15) is 39.6 Å². The van der Waals surface area contributed by atoms with Gasteiger partial charge in [-0.1, -0.05) is 6.07 Å². The summed E-state index contributed by atoms with van der Waals surface area (Å²) in [6.07, 6.45) is -0.713. The number of ketones is 1. The number of carbonyl (C=O) groups is 1. The molecule has 4 rings (SSSR count). The van der Waals surface area contributed by atoms with E-state index >= 15 is 0 Å². The van der Waals surface area contributed by atoms with Crippen LogP contribution < -0.4 is 0 Å². The number of hydrogen-bond acceptors (Lipinski definition) is 6. The van der Waals surface area contributed by atoms with Crippen molar-refractivity contribution in [2.24, 2.45) is 0 Å². The fourth-order valence-corrected chi connectivity index (χ4v) is 5.54. The van der Waals surface area contributed by atoms with Gasteiger partial charge in [-0.2, -0.15) is 35.7 Å². The normalized spacial score (nSPS) is 16.0. The van der Waals surface area contributed by atoms with Crippen molar-refractivity contribution < 1.29 is 39.6 Å². The molecule has 1 aliphatic rings. The minimum absolute atomic E-state index is 0.0383. The van der Waals surface area contributed by atoms with Crippen LogP contribution in [0.1, 0.15) is 57.2 Å². The SMILES string of the molecule is Cc1cc(CC(=O)c2cnn(-c3ccc(C(F)(F)F)cn3)c2C)cnc1C1CCN(S(=O)(=O)C(F)(F)F)CC1. The van der Waals surface area contributed by atoms with Crippen LogP contribution in [0.3, 0.4) is 0 Å². The van der Waals surface area contributed by atoms with Gasteiger partial charge in [0.25, 0.3) is 0 Å². The van der Waals surface area contributed by atoms with Gasteiger partial charge in [-0.3, -0.25) is 9.78 Å². The Morgan fingerprint density at radius 1 is 1.00 bits per heavy atom. The molecule has 0 aromatic carbocycles. The lowest BCUT2D eigenvalue weighted by Crippen LogP contribution is -2.44. The third-order valence-corrected chi connectivity index (χ3v) is 8.25. The molecule has 15 heteroatoms. The third kappa shape index (κ3) is 5.83. The molecule has 1 saturated heterocycles. The van der Waals surface area contributed by atoms with E-state index < -0.39 is 27.3 Å². The maximum absolute atomic E-state index is 13.0. The molecule has 3 aromatic rings. The van der Waals surface area contributed by atoms with Gasteiger partial charge in [-0.15, -0.1) is 0 Å². The van der Waals surface area contributed by atoms with Crippen molar-refractivity contribution in [2.75, 3.05) is 13.1 Å². The van der Waals surface area contributed by atoms with Gasteiger partial charge in [0.15, 0.2) is 11.6 Å². The van der Waals surface area contributed by atoms with Crippen molar-refractivity contribution >= 4 is 15.8 Å². The zero-order valence-corrected chi connectivity index (χ0v) is 21.5. The highest BCUT2D eigenvalue weighted by molar-refractivity contribution is 7.90. The average molecular weight is 576 g/mol. The van der Waals surface area contributed by atoms with Crippen LogP contribution in [0.5, 0.6) is 0 Å². The Morgan fingerprint density at radius 3 is 2.21 bits per heavy atom. The van der Waals surface area contributed by atoms with Gasteiger partial charge in [0.05, 0.1) is 23.0 Å². The molecule has 3 aromatic heterocycles. The van der Waals surface area contributed by atoms with Crippen LogP contribution in [-0.2, 0) is 22.6 Å². The minimum atomic E-state index is -5.37. The molecule has 8 nitrogen and oxygen atoms in total. The Hall–Kier alpha value is -3.33. The van der Waals surface area contributed by atoms with E-state index in [1.807, 2.05) is 0 Å². The van der Waals surface area contributed by atoms with Crippen molar-refractivity contribution in [3.8, 4) is 5.82 Å². The third-order valence-electron chi connectivity index (χ3n) is 6.62. The van der Waals surface area contributed by atoms with Crippen LogP contribution in [-0.4, -0.2) is 56.9 Å². The smallest absolute Gasteiger partial charge is 0.294 e. The molecule has 0 atom stereocenters. The summed E-state index contributed by atoms with van der Waals surface area (Å²) < 4.78 is 102. The molecule has 0 radical (unpaired) electrons. The lowest BCUT2D eigenvalue weighted by molar-refractivity contribution is -0.137. The van der Waals surface area contributed by atoms with Crippen molar-refractivity contribution in [2.45, 2.75) is 50.7 Å². The van der Waals surface area contributed by atoms with E-state index in [0.717, 1.165) is 17.7 Å². The average Bonchev–Trinajstić information content (AvgIpc) is 3.24. The van der Waals surface area contributed by atoms with Crippen LogP contribution in [0.15, 0.2) is 36.8 Å². The van der Waals surface area contributed by atoms with E-state index in [4.69, 9.17) is 0 Å². The van der Waals surface area contributed by atoms with Crippen molar-refractivity contribution in [1.82, 2.24) is 24.1 Å². The number of halogens is 6. The predicted molar refractivity (Wildman–Crippen MR) is 127 cm³/mol. The van der Waals surface area contributed by atoms with Crippen molar-refractivity contribution in [1.29, 1.82) is 0 Å². The summed E-state index contributed by atoms with van der Waals surface area (Å²) in [6, 6.07) is 3.78. The molecule has 1 fully saturated rings. The molecule has 0 bridgehead atoms. The van der Waals surface area contributed by atoms with Gasteiger partial charge in [-0.05, 0) is 49.9 Å². The van der Waals surface area contributed by atoms with Gasteiger partial charge in [0.2, 0.25) is 0 Å². The van der Waals surface area contributed by atoms with E-state index in [1.54, 1.807) is 19.9 Å². The quantitative estimate of drug-likeness (QED) is 0.311. The van der Waals surface area contributed by atoms with E-state index in [0.29, 0.717) is 27.5 Å². The van der Waals surface area contributed by atoms with Crippen LogP contribution >= 0.6 is 0 Å². The number of rotatable bonds is 6. The first-order valence-electron chi connectivity index (χ1n) is 11.7. The Morgan fingerprint density at radius 2 is 1.67 bits per heavy atom. The summed E-state index contributed by atoms with van der Waals surface area (Å²) in [5.41, 5.74) is -3.66. The largest absolute Gasteiger partial charge is 0.511 e. The van der Waals surface area contributed by atoms with Crippen molar-refractivity contribution in [3.05, 3.63) is 70.4 Å². The fourth-order valence-electron chi connectivity index (χ4n) is 4.56. The summed E-state index contributed by atoms with van der Waals surface area (Å²) in [6.45, 7) is 2.81. The summed E-state index contributed by atoms with van der Waals surface area (Å²) >= 11 is 0. The fraction of sp³-hybridized carbons (Fsp3) is 0.417. The molecule has 0 aliphatic carbocycles. The lowest BCUT2D eigenvalue weighted by Gasteiger charge is -2.31. The highest BCUT2D eigenvalue weighted by Crippen LogP contribution is 2.34. The van der Waals surface area contributed by atoms with Crippen LogP contribution in [0.4, 0.5) is 26.3 Å². The van der Waals surface area contributed by atoms with E-state index in [2.05, 4.69) is 15.1 Å². The Balaban J connectivity index is 1.43. The highest BCUT2D eigenvalue weighted by Gasteiger charge is 2.50. The van der Waals surface area contributed by atoms with Crippen LogP contribution in [0.2, 0.25) is 0 Å². The molecule has 0 unspecified atom stereocenters. The molecule has 0 amide bonds. The molecule has 210 valence electrons. The zero-order valence-electron chi connectivity index (χ0n) is 20.7. The van der Waals surface area contributed by atoms with E-state index in [-0.39, 0.29) is 55.4 Å². The zero-order chi connectivity index (χ0) is 28.8. The molecule has 39 heavy (non-hydrogen) atoms. The summed E-state index contributed by atoms with van der Waals surface area (Å²) in [5.74, 6) is -0.410. The second-order valence-electron chi connectivity index (χ2n) is 9.23. The standard InChI is InChI=1S/C24H23F6N5O3S/c1-14-9-16(11-32-22(14)17-5-7-34(8-6-17)39(37,38)24(28,29)30)10-20(36)19-13-33-35(15(19)2)21-4-3-18(12-31-21)23(25,26)27/h3-4,9,11-13,17H,5-8,10H2,1-2H3. The molecular weight excluding hydrogens is 552 g/mol. The number of aromatic nitrogens is 4. The first-order chi connectivity index (χ1) is 18.1. The molecule has 1 aliphatic heterocycles. The second kappa shape index (κ2) is 10.3. The number of aryl methyl sites for hydroxylation is 1. The number of carbonyl (C=O) groups excluding carboxylic acids is 1. The Kier molecular flexibility index (Phi) is 7.60. The Bertz CT molecular complexity index is 1480. The van der Waals surface area contributed by atoms with Crippen molar-refractivity contribution in [3.63, 3.8) is 0 Å². The highest BCUT2D eigenvalue weighted by atomic mass is 32.2. The molecular formula is C24H23F6N5O3S. The van der Waals surface area contributed by atoms with Gasteiger partial charge in [0.1, 0.15) is 0 Å². The van der Waals surface area contributed by atoms with Gasteiger partial charge in [0, 0.05) is 43.5 Å². The number of sulfonamides is 1. The maximum atomic E-state index is 13.0. The number of alkyl halides is 6. The maximum Gasteiger partial charge on any atom is 0.511 e. The first-order valence-corrected chi connectivity index (χ1v) is 13.2. The number of hydrogen-bond donors (Lipinski definition) is 0. The Labute approximate surface area is 219 Å². The second-order valence-corrected chi connectivity index (χ2v) is 11.2. The topological polar surface area (TPSA) is 98.1 Å². The van der Waals surface area contributed by atoms with Gasteiger partial charge >= 0.3 is 21.7 Å². The number of nitrogens with zero attached hydrogens (tertiary/aromatic N) is 5. The van der Waals surface area contributed by atoms with E-state index in [1.165, 1.54) is 17.1 Å². The number of pyridine rings is 2. The first kappa shape index (κ1) is 28.7. The van der Waals surface area contributed by atoms with Crippen LogP contribution in [0, 0.1) is 13.8 Å². The molecule has 0 N–H and O–H groups in total. The summed E-state index contributed by atoms with van der Waals surface area (Å²) in [4.78, 5) is 21.2. The van der Waals surface area contributed by atoms with Crippen LogP contribution in [0.25, 0.3) is 5.82 Å². The minimum Gasteiger partial charge on any atom is -0.294 e. The summed E-state index contributed by atoms with van der Waals surface area (Å²) in [7, 11) is -5.37.